The molecular formula is C16H12N2O5S. The fourth-order valence-corrected chi connectivity index (χ4v) is 2.83. The molecule has 0 fully saturated rings. The summed E-state index contributed by atoms with van der Waals surface area (Å²) in [6.07, 6.45) is 0. The number of benzene rings is 2. The molecule has 0 aliphatic heterocycles. The Morgan fingerprint density at radius 1 is 1.12 bits per heavy atom. The van der Waals surface area contributed by atoms with Gasteiger partial charge in [0.2, 0.25) is 0 Å². The first kappa shape index (κ1) is 15.8. The van der Waals surface area contributed by atoms with Gasteiger partial charge < -0.3 is 14.9 Å². The molecular weight excluding hydrogens is 332 g/mol. The van der Waals surface area contributed by atoms with Crippen LogP contribution in [0.15, 0.2) is 42.5 Å². The minimum Gasteiger partial charge on any atom is -0.504 e. The van der Waals surface area contributed by atoms with E-state index in [9.17, 15) is 19.8 Å². The second-order valence-electron chi connectivity index (χ2n) is 4.81. The molecule has 8 heteroatoms. The first-order chi connectivity index (χ1) is 11.5. The van der Waals surface area contributed by atoms with Gasteiger partial charge in [0.05, 0.1) is 15.8 Å². The molecule has 0 aliphatic rings. The van der Waals surface area contributed by atoms with Gasteiger partial charge in [0, 0.05) is 0 Å². The summed E-state index contributed by atoms with van der Waals surface area (Å²) in [5.41, 5.74) is 0.799. The molecule has 24 heavy (non-hydrogen) atoms. The lowest BCUT2D eigenvalue weighted by atomic mass is 10.2. The highest BCUT2D eigenvalue weighted by Gasteiger charge is 2.13. The Hall–Kier alpha value is -3.13. The van der Waals surface area contributed by atoms with Crippen LogP contribution in [0.3, 0.4) is 0 Å². The maximum Gasteiger partial charge on any atom is 0.338 e. The molecule has 0 saturated carbocycles. The highest BCUT2D eigenvalue weighted by molar-refractivity contribution is 7.22. The summed E-state index contributed by atoms with van der Waals surface area (Å²) in [6.45, 7) is -0.490. The minimum absolute atomic E-state index is 0.0260. The van der Waals surface area contributed by atoms with Gasteiger partial charge in [-0.1, -0.05) is 23.5 Å². The number of phenolic OH excluding ortho intramolecular Hbond substituents is 2. The first-order valence-electron chi connectivity index (χ1n) is 6.87. The van der Waals surface area contributed by atoms with Crippen molar-refractivity contribution in [2.75, 3.05) is 11.9 Å². The molecule has 0 spiro atoms. The number of phenols is 2. The molecule has 0 atom stereocenters. The summed E-state index contributed by atoms with van der Waals surface area (Å²) in [4.78, 5) is 27.9. The predicted octanol–water partition coefficient (Wildman–Crippen LogP) is 2.50. The van der Waals surface area contributed by atoms with E-state index in [2.05, 4.69) is 10.3 Å². The average Bonchev–Trinajstić information content (AvgIpc) is 2.97. The molecule has 0 unspecified atom stereocenters. The van der Waals surface area contributed by atoms with Crippen LogP contribution in [0.4, 0.5) is 5.13 Å². The van der Waals surface area contributed by atoms with Gasteiger partial charge in [0.15, 0.2) is 23.2 Å². The molecule has 3 N–H and O–H groups in total. The highest BCUT2D eigenvalue weighted by Crippen LogP contribution is 2.26. The van der Waals surface area contributed by atoms with Crippen molar-refractivity contribution in [1.29, 1.82) is 0 Å². The van der Waals surface area contributed by atoms with Gasteiger partial charge in [-0.15, -0.1) is 0 Å². The quantitative estimate of drug-likeness (QED) is 0.496. The number of hydrogen-bond donors (Lipinski definition) is 3. The number of hydrogen-bond acceptors (Lipinski definition) is 7. The van der Waals surface area contributed by atoms with Crippen molar-refractivity contribution in [2.24, 2.45) is 0 Å². The van der Waals surface area contributed by atoms with E-state index in [-0.39, 0.29) is 11.3 Å². The maximum absolute atomic E-state index is 11.8. The number of aromatic hydroxyl groups is 2. The Balaban J connectivity index is 1.58. The van der Waals surface area contributed by atoms with Gasteiger partial charge >= 0.3 is 5.97 Å². The number of fused-ring (bicyclic) bond motifs is 1. The summed E-state index contributed by atoms with van der Waals surface area (Å²) in [7, 11) is 0. The summed E-state index contributed by atoms with van der Waals surface area (Å²) in [6, 6.07) is 10.9. The molecule has 2 aromatic carbocycles. The number of carbonyl (C=O) groups is 2. The fraction of sp³-hybridized carbons (Fsp3) is 0.0625. The molecule has 0 radical (unpaired) electrons. The van der Waals surface area contributed by atoms with Gasteiger partial charge in [-0.25, -0.2) is 9.78 Å². The number of para-hydroxylation sites is 1. The van der Waals surface area contributed by atoms with Crippen molar-refractivity contribution in [1.82, 2.24) is 4.98 Å². The standard InChI is InChI=1S/C16H12N2O5S/c19-11-6-5-9(7-12(11)20)15(22)23-8-14(21)18-16-17-10-3-1-2-4-13(10)24-16/h1-7,19-20H,8H2,(H,17,18,21). The van der Waals surface area contributed by atoms with Gasteiger partial charge in [-0.05, 0) is 30.3 Å². The van der Waals surface area contributed by atoms with E-state index in [1.807, 2.05) is 24.3 Å². The second-order valence-corrected chi connectivity index (χ2v) is 5.85. The largest absolute Gasteiger partial charge is 0.504 e. The van der Waals surface area contributed by atoms with Gasteiger partial charge in [-0.2, -0.15) is 0 Å². The molecule has 3 rings (SSSR count). The Morgan fingerprint density at radius 3 is 2.67 bits per heavy atom. The Morgan fingerprint density at radius 2 is 1.92 bits per heavy atom. The van der Waals surface area contributed by atoms with Crippen LogP contribution in [-0.4, -0.2) is 33.7 Å². The molecule has 122 valence electrons. The normalized spacial score (nSPS) is 10.5. The summed E-state index contributed by atoms with van der Waals surface area (Å²) < 4.78 is 5.80. The van der Waals surface area contributed by atoms with Crippen LogP contribution in [0, 0.1) is 0 Å². The number of rotatable bonds is 4. The van der Waals surface area contributed by atoms with Crippen molar-refractivity contribution >= 4 is 38.6 Å². The minimum atomic E-state index is -0.787. The number of aromatic nitrogens is 1. The number of amides is 1. The zero-order valence-electron chi connectivity index (χ0n) is 12.2. The number of ether oxygens (including phenoxy) is 1. The number of thiazole rings is 1. The van der Waals surface area contributed by atoms with Crippen molar-refractivity contribution in [2.45, 2.75) is 0 Å². The van der Waals surface area contributed by atoms with Crippen molar-refractivity contribution in [3.05, 3.63) is 48.0 Å². The van der Waals surface area contributed by atoms with Crippen molar-refractivity contribution in [3.63, 3.8) is 0 Å². The lowest BCUT2D eigenvalue weighted by Crippen LogP contribution is -2.20. The van der Waals surface area contributed by atoms with Crippen LogP contribution in [0.2, 0.25) is 0 Å². The number of nitrogens with one attached hydrogen (secondary N) is 1. The van der Waals surface area contributed by atoms with E-state index in [1.54, 1.807) is 0 Å². The number of nitrogens with zero attached hydrogens (tertiary/aromatic N) is 1. The molecule has 3 aromatic rings. The van der Waals surface area contributed by atoms with Crippen LogP contribution >= 0.6 is 11.3 Å². The van der Waals surface area contributed by atoms with Crippen molar-refractivity contribution in [3.8, 4) is 11.5 Å². The number of anilines is 1. The van der Waals surface area contributed by atoms with Crippen LogP contribution in [-0.2, 0) is 9.53 Å². The van der Waals surface area contributed by atoms with Gasteiger partial charge in [0.25, 0.3) is 5.91 Å². The summed E-state index contributed by atoms with van der Waals surface area (Å²) in [5, 5.41) is 21.5. The third-order valence-corrected chi connectivity index (χ3v) is 4.04. The van der Waals surface area contributed by atoms with Crippen LogP contribution in [0.1, 0.15) is 10.4 Å². The van der Waals surface area contributed by atoms with Gasteiger partial charge in [-0.3, -0.25) is 10.1 Å². The Bertz CT molecular complexity index is 889. The molecule has 0 saturated heterocycles. The number of esters is 1. The van der Waals surface area contributed by atoms with E-state index >= 15 is 0 Å². The van der Waals surface area contributed by atoms with E-state index in [0.29, 0.717) is 5.13 Å². The zero-order chi connectivity index (χ0) is 17.1. The third-order valence-electron chi connectivity index (χ3n) is 3.09. The lowest BCUT2D eigenvalue weighted by molar-refractivity contribution is -0.119. The first-order valence-corrected chi connectivity index (χ1v) is 7.69. The summed E-state index contributed by atoms with van der Waals surface area (Å²) in [5.74, 6) is -2.10. The van der Waals surface area contributed by atoms with E-state index in [1.165, 1.54) is 17.4 Å². The average molecular weight is 344 g/mol. The summed E-state index contributed by atoms with van der Waals surface area (Å²) >= 11 is 1.32. The fourth-order valence-electron chi connectivity index (χ4n) is 1.95. The topological polar surface area (TPSA) is 109 Å². The molecule has 0 aliphatic carbocycles. The van der Waals surface area contributed by atoms with Crippen LogP contribution < -0.4 is 5.32 Å². The smallest absolute Gasteiger partial charge is 0.338 e. The predicted molar refractivity (Wildman–Crippen MR) is 88.3 cm³/mol. The van der Waals surface area contributed by atoms with Gasteiger partial charge in [0.1, 0.15) is 0 Å². The molecule has 0 bridgehead atoms. The zero-order valence-corrected chi connectivity index (χ0v) is 13.0. The third kappa shape index (κ3) is 3.44. The maximum atomic E-state index is 11.8. The number of carbonyl (C=O) groups excluding carboxylic acids is 2. The highest BCUT2D eigenvalue weighted by atomic mass is 32.1. The van der Waals surface area contributed by atoms with E-state index in [0.717, 1.165) is 22.3 Å². The lowest BCUT2D eigenvalue weighted by Gasteiger charge is -2.05. The monoisotopic (exact) mass is 344 g/mol. The van der Waals surface area contributed by atoms with Crippen LogP contribution in [0.25, 0.3) is 10.2 Å². The molecule has 1 amide bonds. The molecule has 1 heterocycles. The Labute approximate surface area is 140 Å². The van der Waals surface area contributed by atoms with E-state index in [4.69, 9.17) is 4.74 Å². The Kier molecular flexibility index (Phi) is 4.30. The second kappa shape index (κ2) is 6.55. The SMILES string of the molecule is O=C(COC(=O)c1ccc(O)c(O)c1)Nc1nc2ccccc2s1. The van der Waals surface area contributed by atoms with E-state index < -0.39 is 24.2 Å². The van der Waals surface area contributed by atoms with Crippen molar-refractivity contribution < 1.29 is 24.5 Å². The van der Waals surface area contributed by atoms with Crippen LogP contribution in [0.5, 0.6) is 11.5 Å². The molecule has 7 nitrogen and oxygen atoms in total. The molecule has 1 aromatic heterocycles.